The molecule has 0 aliphatic carbocycles. The Hall–Kier alpha value is -1.47. The molecular weight excluding hydrogens is 304 g/mol. The molecule has 2 N–H and O–H groups in total. The Kier molecular flexibility index (Phi) is 5.18. The quantitative estimate of drug-likeness (QED) is 0.817. The van der Waals surface area contributed by atoms with Crippen molar-refractivity contribution in [2.24, 2.45) is 0 Å². The lowest BCUT2D eigenvalue weighted by Gasteiger charge is -2.09. The molecule has 1 aliphatic rings. The third kappa shape index (κ3) is 3.84. The van der Waals surface area contributed by atoms with E-state index in [0.717, 1.165) is 11.0 Å². The van der Waals surface area contributed by atoms with E-state index in [1.807, 2.05) is 6.92 Å². The molecule has 5 nitrogen and oxygen atoms in total. The fourth-order valence-electron chi connectivity index (χ4n) is 2.17. The van der Waals surface area contributed by atoms with Crippen LogP contribution in [0.3, 0.4) is 0 Å². The number of hydrogen-bond acceptors (Lipinski definition) is 5. The van der Waals surface area contributed by atoms with Crippen LogP contribution in [0.4, 0.5) is 0 Å². The van der Waals surface area contributed by atoms with Crippen molar-refractivity contribution in [3.63, 3.8) is 0 Å². The van der Waals surface area contributed by atoms with Gasteiger partial charge in [-0.2, -0.15) is 0 Å². The van der Waals surface area contributed by atoms with Gasteiger partial charge in [-0.25, -0.2) is 8.42 Å². The minimum atomic E-state index is -3.49. The second-order valence-electron chi connectivity index (χ2n) is 5.36. The van der Waals surface area contributed by atoms with Crippen LogP contribution in [-0.2, 0) is 14.6 Å². The largest absolute Gasteiger partial charge is 0.388 e. The average molecular weight is 324 g/mol. The van der Waals surface area contributed by atoms with Gasteiger partial charge in [0.15, 0.2) is 9.84 Å². The minimum Gasteiger partial charge on any atom is -0.388 e. The van der Waals surface area contributed by atoms with Crippen LogP contribution in [0.15, 0.2) is 52.8 Å². The average Bonchev–Trinajstić information content (AvgIpc) is 2.71. The number of aliphatic hydroxyl groups is 2. The van der Waals surface area contributed by atoms with Gasteiger partial charge in [-0.1, -0.05) is 35.9 Å². The molecule has 0 radical (unpaired) electrons. The molecule has 120 valence electrons. The van der Waals surface area contributed by atoms with Crippen molar-refractivity contribution in [1.29, 1.82) is 0 Å². The van der Waals surface area contributed by atoms with Crippen molar-refractivity contribution in [1.82, 2.24) is 0 Å². The summed E-state index contributed by atoms with van der Waals surface area (Å²) in [5.41, 5.74) is 0.989. The van der Waals surface area contributed by atoms with Gasteiger partial charge in [0.1, 0.15) is 18.3 Å². The SMILES string of the molecule is Cc1ccc(S(=O)(=O)C=CC=C[C@H]2O[C@@H](C)C(O)[C@H]2O)cc1. The van der Waals surface area contributed by atoms with Gasteiger partial charge in [-0.3, -0.25) is 0 Å². The number of hydrogen-bond donors (Lipinski definition) is 2. The highest BCUT2D eigenvalue weighted by Gasteiger charge is 2.38. The lowest BCUT2D eigenvalue weighted by Crippen LogP contribution is -2.30. The van der Waals surface area contributed by atoms with E-state index < -0.39 is 34.3 Å². The van der Waals surface area contributed by atoms with Gasteiger partial charge in [-0.05, 0) is 26.0 Å². The van der Waals surface area contributed by atoms with Crippen LogP contribution < -0.4 is 0 Å². The van der Waals surface area contributed by atoms with E-state index in [4.69, 9.17) is 4.74 Å². The van der Waals surface area contributed by atoms with Crippen LogP contribution in [0.1, 0.15) is 12.5 Å². The topological polar surface area (TPSA) is 83.8 Å². The number of aryl methyl sites for hydroxylation is 1. The lowest BCUT2D eigenvalue weighted by molar-refractivity contribution is 0.0316. The summed E-state index contributed by atoms with van der Waals surface area (Å²) in [6.45, 7) is 3.55. The van der Waals surface area contributed by atoms with E-state index >= 15 is 0 Å². The Balaban J connectivity index is 2.03. The first-order valence-corrected chi connectivity index (χ1v) is 8.54. The number of aliphatic hydroxyl groups excluding tert-OH is 2. The summed E-state index contributed by atoms with van der Waals surface area (Å²) in [7, 11) is -3.49. The Morgan fingerprint density at radius 1 is 1.09 bits per heavy atom. The molecule has 1 saturated heterocycles. The number of sulfone groups is 1. The van der Waals surface area contributed by atoms with Crippen LogP contribution >= 0.6 is 0 Å². The first-order valence-electron chi connectivity index (χ1n) is 6.99. The zero-order valence-electron chi connectivity index (χ0n) is 12.5. The van der Waals surface area contributed by atoms with Gasteiger partial charge in [-0.15, -0.1) is 0 Å². The van der Waals surface area contributed by atoms with Crippen LogP contribution in [0.5, 0.6) is 0 Å². The number of allylic oxidation sites excluding steroid dienone is 2. The summed E-state index contributed by atoms with van der Waals surface area (Å²) in [5.74, 6) is 0. The van der Waals surface area contributed by atoms with Gasteiger partial charge in [0.25, 0.3) is 0 Å². The fraction of sp³-hybridized carbons (Fsp3) is 0.375. The highest BCUT2D eigenvalue weighted by atomic mass is 32.2. The Bertz CT molecular complexity index is 660. The lowest BCUT2D eigenvalue weighted by atomic mass is 10.1. The molecule has 1 heterocycles. The highest BCUT2D eigenvalue weighted by Crippen LogP contribution is 2.21. The fourth-order valence-corrected chi connectivity index (χ4v) is 3.14. The number of benzene rings is 1. The van der Waals surface area contributed by atoms with Crippen LogP contribution in [0.2, 0.25) is 0 Å². The van der Waals surface area contributed by atoms with Crippen molar-refractivity contribution in [2.45, 2.75) is 43.2 Å². The van der Waals surface area contributed by atoms with Gasteiger partial charge >= 0.3 is 0 Å². The van der Waals surface area contributed by atoms with E-state index in [-0.39, 0.29) is 4.90 Å². The summed E-state index contributed by atoms with van der Waals surface area (Å²) in [5, 5.41) is 20.4. The van der Waals surface area contributed by atoms with Gasteiger partial charge < -0.3 is 14.9 Å². The summed E-state index contributed by atoms with van der Waals surface area (Å²) < 4.78 is 29.5. The summed E-state index contributed by atoms with van der Waals surface area (Å²) in [6.07, 6.45) is 1.36. The molecule has 1 aliphatic heterocycles. The molecule has 2 rings (SSSR count). The second-order valence-corrected chi connectivity index (χ2v) is 7.19. The molecule has 0 amide bonds. The van der Waals surface area contributed by atoms with Gasteiger partial charge in [0.2, 0.25) is 0 Å². The van der Waals surface area contributed by atoms with Crippen LogP contribution in [0, 0.1) is 6.92 Å². The Morgan fingerprint density at radius 3 is 2.27 bits per heavy atom. The molecule has 6 heteroatoms. The Morgan fingerprint density at radius 2 is 1.73 bits per heavy atom. The maximum Gasteiger partial charge on any atom is 0.199 e. The molecular formula is C16H20O5S. The zero-order chi connectivity index (χ0) is 16.3. The monoisotopic (exact) mass is 324 g/mol. The van der Waals surface area contributed by atoms with E-state index in [9.17, 15) is 18.6 Å². The second kappa shape index (κ2) is 6.75. The smallest absolute Gasteiger partial charge is 0.199 e. The van der Waals surface area contributed by atoms with Crippen molar-refractivity contribution < 1.29 is 23.4 Å². The van der Waals surface area contributed by atoms with E-state index in [1.54, 1.807) is 31.2 Å². The zero-order valence-corrected chi connectivity index (χ0v) is 13.3. The number of rotatable bonds is 4. The molecule has 22 heavy (non-hydrogen) atoms. The molecule has 1 fully saturated rings. The van der Waals surface area contributed by atoms with Crippen molar-refractivity contribution >= 4 is 9.84 Å². The molecule has 1 unspecified atom stereocenters. The summed E-state index contributed by atoms with van der Waals surface area (Å²) in [4.78, 5) is 0.226. The van der Waals surface area contributed by atoms with Crippen LogP contribution in [0.25, 0.3) is 0 Å². The molecule has 0 saturated carbocycles. The van der Waals surface area contributed by atoms with Gasteiger partial charge in [0.05, 0.1) is 11.0 Å². The molecule has 4 atom stereocenters. The summed E-state index contributed by atoms with van der Waals surface area (Å²) >= 11 is 0. The molecule has 0 spiro atoms. The third-order valence-electron chi connectivity index (χ3n) is 3.56. The van der Waals surface area contributed by atoms with Crippen molar-refractivity contribution in [3.8, 4) is 0 Å². The summed E-state index contributed by atoms with van der Waals surface area (Å²) in [6, 6.07) is 6.59. The minimum absolute atomic E-state index is 0.226. The first-order chi connectivity index (χ1) is 10.3. The predicted octanol–water partition coefficient (Wildman–Crippen LogP) is 1.35. The van der Waals surface area contributed by atoms with Gasteiger partial charge in [0, 0.05) is 5.41 Å². The van der Waals surface area contributed by atoms with E-state index in [2.05, 4.69) is 0 Å². The Labute approximate surface area is 130 Å². The van der Waals surface area contributed by atoms with Crippen molar-refractivity contribution in [3.05, 3.63) is 53.5 Å². The van der Waals surface area contributed by atoms with E-state index in [1.165, 1.54) is 18.2 Å². The number of ether oxygens (including phenoxy) is 1. The maximum absolute atomic E-state index is 12.1. The highest BCUT2D eigenvalue weighted by molar-refractivity contribution is 7.94. The molecule has 0 bridgehead atoms. The van der Waals surface area contributed by atoms with Crippen molar-refractivity contribution in [2.75, 3.05) is 0 Å². The maximum atomic E-state index is 12.1. The van der Waals surface area contributed by atoms with Crippen LogP contribution in [-0.4, -0.2) is 43.0 Å². The van der Waals surface area contributed by atoms with E-state index in [0.29, 0.717) is 0 Å². The standard InChI is InChI=1S/C16H20O5S/c1-11-6-8-13(9-7-11)22(19,20)10-4-3-5-14-16(18)15(17)12(2)21-14/h3-10,12,14-18H,1-2H3/t12-,14+,15?,16-/m0/s1. The molecule has 1 aromatic carbocycles. The predicted molar refractivity (Wildman–Crippen MR) is 83.0 cm³/mol. The first kappa shape index (κ1) is 16.9. The third-order valence-corrected chi connectivity index (χ3v) is 5.00. The molecule has 0 aromatic heterocycles. The molecule has 1 aromatic rings. The normalized spacial score (nSPS) is 29.6.